The number of non-ortho nitro benzene ring substituents is 1. The van der Waals surface area contributed by atoms with Gasteiger partial charge >= 0.3 is 0 Å². The van der Waals surface area contributed by atoms with Gasteiger partial charge in [-0.3, -0.25) is 10.1 Å². The van der Waals surface area contributed by atoms with Gasteiger partial charge in [-0.25, -0.2) is 4.98 Å². The lowest BCUT2D eigenvalue weighted by Gasteiger charge is -2.14. The first-order valence-corrected chi connectivity index (χ1v) is 5.79. The maximum Gasteiger partial charge on any atom is 0.271 e. The average molecular weight is 265 g/mol. The molecule has 8 nitrogen and oxygen atoms in total. The summed E-state index contributed by atoms with van der Waals surface area (Å²) < 4.78 is 0. The first-order chi connectivity index (χ1) is 8.97. The normalized spacial score (nSPS) is 14.3. The third-order valence-electron chi connectivity index (χ3n) is 2.80. The van der Waals surface area contributed by atoms with Gasteiger partial charge in [-0.1, -0.05) is 0 Å². The van der Waals surface area contributed by atoms with Crippen LogP contribution in [0.25, 0.3) is 11.0 Å². The van der Waals surface area contributed by atoms with Gasteiger partial charge in [-0.15, -0.1) is 0 Å². The van der Waals surface area contributed by atoms with E-state index in [2.05, 4.69) is 15.3 Å². The second-order valence-corrected chi connectivity index (χ2v) is 4.33. The molecule has 0 saturated carbocycles. The molecule has 5 N–H and O–H groups in total. The lowest BCUT2D eigenvalue weighted by molar-refractivity contribution is -0.384. The molecule has 0 aliphatic heterocycles. The molecule has 0 bridgehead atoms. The fourth-order valence-corrected chi connectivity index (χ4v) is 1.58. The molecule has 2 unspecified atom stereocenters. The van der Waals surface area contributed by atoms with Crippen molar-refractivity contribution in [2.24, 2.45) is 5.73 Å². The number of hydrogen-bond acceptors (Lipinski definition) is 6. The smallest absolute Gasteiger partial charge is 0.271 e. The van der Waals surface area contributed by atoms with E-state index in [0.29, 0.717) is 23.5 Å². The van der Waals surface area contributed by atoms with E-state index in [1.54, 1.807) is 13.0 Å². The van der Waals surface area contributed by atoms with E-state index in [0.717, 1.165) is 0 Å². The maximum atomic E-state index is 10.7. The fourth-order valence-electron chi connectivity index (χ4n) is 1.58. The van der Waals surface area contributed by atoms with Crippen molar-refractivity contribution in [2.45, 2.75) is 19.1 Å². The molecule has 8 heteroatoms. The Morgan fingerprint density at radius 1 is 1.63 bits per heavy atom. The summed E-state index contributed by atoms with van der Waals surface area (Å²) in [6, 6.07) is 3.97. The van der Waals surface area contributed by atoms with E-state index in [9.17, 15) is 15.2 Å². The van der Waals surface area contributed by atoms with Crippen LogP contribution in [0.4, 0.5) is 11.6 Å². The zero-order valence-corrected chi connectivity index (χ0v) is 10.3. The number of imidazole rings is 1. The van der Waals surface area contributed by atoms with Crippen LogP contribution in [0.2, 0.25) is 0 Å². The Bertz CT molecular complexity index is 595. The van der Waals surface area contributed by atoms with Crippen molar-refractivity contribution < 1.29 is 10.0 Å². The lowest BCUT2D eigenvalue weighted by atomic mass is 10.2. The van der Waals surface area contributed by atoms with E-state index in [4.69, 9.17) is 5.73 Å². The molecule has 0 spiro atoms. The first kappa shape index (κ1) is 13.2. The summed E-state index contributed by atoms with van der Waals surface area (Å²) in [4.78, 5) is 17.3. The van der Waals surface area contributed by atoms with Gasteiger partial charge in [0.2, 0.25) is 5.95 Å². The molecular formula is C11H15N5O3. The molecule has 0 aliphatic carbocycles. The van der Waals surface area contributed by atoms with Crippen molar-refractivity contribution >= 4 is 22.7 Å². The zero-order valence-electron chi connectivity index (χ0n) is 10.3. The number of hydrogen-bond donors (Lipinski definition) is 4. The minimum absolute atomic E-state index is 0.00313. The van der Waals surface area contributed by atoms with Crippen LogP contribution in [0, 0.1) is 10.1 Å². The Morgan fingerprint density at radius 2 is 2.37 bits per heavy atom. The number of aromatic nitrogens is 2. The van der Waals surface area contributed by atoms with Gasteiger partial charge in [-0.2, -0.15) is 0 Å². The molecule has 0 saturated heterocycles. The van der Waals surface area contributed by atoms with E-state index in [-0.39, 0.29) is 5.69 Å². The van der Waals surface area contributed by atoms with E-state index in [1.165, 1.54) is 12.1 Å². The number of aliphatic hydroxyl groups is 1. The van der Waals surface area contributed by atoms with Crippen molar-refractivity contribution in [3.05, 3.63) is 28.3 Å². The highest BCUT2D eigenvalue weighted by Gasteiger charge is 2.12. The monoisotopic (exact) mass is 265 g/mol. The molecule has 1 aromatic carbocycles. The molecule has 0 amide bonds. The largest absolute Gasteiger partial charge is 0.392 e. The standard InChI is InChI=1S/C11H15N5O3/c1-6(17)8(12)5-13-11-14-9-3-2-7(16(18)19)4-10(9)15-11/h2-4,6,8,17H,5,12H2,1H3,(H2,13,14,15). The predicted molar refractivity (Wildman–Crippen MR) is 70.9 cm³/mol. The van der Waals surface area contributed by atoms with Crippen LogP contribution >= 0.6 is 0 Å². The van der Waals surface area contributed by atoms with Gasteiger partial charge in [0.05, 0.1) is 22.1 Å². The Kier molecular flexibility index (Phi) is 3.63. The highest BCUT2D eigenvalue weighted by atomic mass is 16.6. The van der Waals surface area contributed by atoms with Crippen LogP contribution in [-0.2, 0) is 0 Å². The Morgan fingerprint density at radius 3 is 3.00 bits per heavy atom. The summed E-state index contributed by atoms with van der Waals surface area (Å²) in [5, 5.41) is 22.9. The van der Waals surface area contributed by atoms with Crippen LogP contribution < -0.4 is 11.1 Å². The SMILES string of the molecule is CC(O)C(N)CNc1nc2ccc([N+](=O)[O-])cc2[nH]1. The number of nitro groups is 1. The van der Waals surface area contributed by atoms with Gasteiger partial charge in [0, 0.05) is 24.7 Å². The number of benzene rings is 1. The minimum atomic E-state index is -0.627. The molecular weight excluding hydrogens is 250 g/mol. The van der Waals surface area contributed by atoms with Crippen molar-refractivity contribution in [3.8, 4) is 0 Å². The molecule has 2 aromatic rings. The van der Waals surface area contributed by atoms with Crippen LogP contribution in [0.15, 0.2) is 18.2 Å². The second kappa shape index (κ2) is 5.21. The van der Waals surface area contributed by atoms with Gasteiger partial charge in [0.1, 0.15) is 0 Å². The van der Waals surface area contributed by atoms with Crippen molar-refractivity contribution in [2.75, 3.05) is 11.9 Å². The van der Waals surface area contributed by atoms with E-state index in [1.807, 2.05) is 0 Å². The topological polar surface area (TPSA) is 130 Å². The third-order valence-corrected chi connectivity index (χ3v) is 2.80. The van der Waals surface area contributed by atoms with Crippen molar-refractivity contribution in [3.63, 3.8) is 0 Å². The number of aromatic amines is 1. The summed E-state index contributed by atoms with van der Waals surface area (Å²) in [5.74, 6) is 0.464. The van der Waals surface area contributed by atoms with Gasteiger partial charge in [0.25, 0.3) is 5.69 Å². The number of nitrogens with one attached hydrogen (secondary N) is 2. The zero-order chi connectivity index (χ0) is 14.0. The number of nitro benzene ring substituents is 1. The summed E-state index contributed by atoms with van der Waals surface area (Å²) in [7, 11) is 0. The number of H-pyrrole nitrogens is 1. The highest BCUT2D eigenvalue weighted by Crippen LogP contribution is 2.20. The van der Waals surface area contributed by atoms with Gasteiger partial charge in [0.15, 0.2) is 0 Å². The average Bonchev–Trinajstić information content (AvgIpc) is 2.77. The summed E-state index contributed by atoms with van der Waals surface area (Å²) in [6.45, 7) is 1.95. The number of rotatable bonds is 5. The van der Waals surface area contributed by atoms with Gasteiger partial charge < -0.3 is 21.1 Å². The molecule has 1 heterocycles. The molecule has 102 valence electrons. The number of fused-ring (bicyclic) bond motifs is 1. The third kappa shape index (κ3) is 2.98. The number of aliphatic hydroxyl groups excluding tert-OH is 1. The molecule has 0 aliphatic rings. The van der Waals surface area contributed by atoms with Crippen molar-refractivity contribution in [1.29, 1.82) is 0 Å². The van der Waals surface area contributed by atoms with E-state index >= 15 is 0 Å². The van der Waals surface area contributed by atoms with Crippen molar-refractivity contribution in [1.82, 2.24) is 9.97 Å². The van der Waals surface area contributed by atoms with Crippen LogP contribution in [0.3, 0.4) is 0 Å². The summed E-state index contributed by atoms with van der Waals surface area (Å²) in [5.41, 5.74) is 6.88. The fraction of sp³-hybridized carbons (Fsp3) is 0.364. The number of anilines is 1. The maximum absolute atomic E-state index is 10.7. The molecule has 0 fully saturated rings. The second-order valence-electron chi connectivity index (χ2n) is 4.33. The first-order valence-electron chi connectivity index (χ1n) is 5.79. The number of nitrogens with zero attached hydrogens (tertiary/aromatic N) is 2. The number of nitrogens with two attached hydrogens (primary N) is 1. The summed E-state index contributed by atoms with van der Waals surface area (Å²) in [6.07, 6.45) is -0.627. The molecule has 2 rings (SSSR count). The predicted octanol–water partition coefficient (Wildman–Crippen LogP) is 0.591. The minimum Gasteiger partial charge on any atom is -0.392 e. The van der Waals surface area contributed by atoms with Crippen LogP contribution in [0.5, 0.6) is 0 Å². The van der Waals surface area contributed by atoms with Gasteiger partial charge in [-0.05, 0) is 13.0 Å². The lowest BCUT2D eigenvalue weighted by Crippen LogP contribution is -2.38. The molecule has 2 atom stereocenters. The van der Waals surface area contributed by atoms with Crippen LogP contribution in [0.1, 0.15) is 6.92 Å². The molecule has 1 aromatic heterocycles. The van der Waals surface area contributed by atoms with E-state index < -0.39 is 17.1 Å². The molecule has 19 heavy (non-hydrogen) atoms. The Balaban J connectivity index is 2.15. The summed E-state index contributed by atoms with van der Waals surface area (Å²) >= 11 is 0. The highest BCUT2D eigenvalue weighted by molar-refractivity contribution is 5.79. The van der Waals surface area contributed by atoms with Crippen LogP contribution in [-0.4, -0.2) is 38.7 Å². The Hall–Kier alpha value is -2.19. The Labute approximate surface area is 108 Å². The molecule has 0 radical (unpaired) electrons. The quantitative estimate of drug-likeness (QED) is 0.462.